The Morgan fingerprint density at radius 1 is 1.28 bits per heavy atom. The molecule has 1 aromatic carbocycles. The highest BCUT2D eigenvalue weighted by molar-refractivity contribution is 6.30. The van der Waals surface area contributed by atoms with Crippen LogP contribution in [-0.2, 0) is 4.79 Å². The zero-order valence-corrected chi connectivity index (χ0v) is 17.1. The normalized spacial score (nSPS) is 20.4. The van der Waals surface area contributed by atoms with Crippen LogP contribution in [0.2, 0.25) is 5.02 Å². The molecule has 0 spiro atoms. The van der Waals surface area contributed by atoms with E-state index in [4.69, 9.17) is 16.6 Å². The van der Waals surface area contributed by atoms with Crippen LogP contribution in [0.5, 0.6) is 0 Å². The maximum atomic E-state index is 12.8. The summed E-state index contributed by atoms with van der Waals surface area (Å²) >= 11 is 6.25. The summed E-state index contributed by atoms with van der Waals surface area (Å²) in [6.07, 6.45) is 7.80. The molecule has 29 heavy (non-hydrogen) atoms. The van der Waals surface area contributed by atoms with Crippen LogP contribution in [0.15, 0.2) is 36.8 Å². The van der Waals surface area contributed by atoms with E-state index < -0.39 is 5.54 Å². The highest BCUT2D eigenvalue weighted by atomic mass is 35.5. The van der Waals surface area contributed by atoms with E-state index in [9.17, 15) is 4.79 Å². The van der Waals surface area contributed by atoms with Gasteiger partial charge < -0.3 is 10.2 Å². The third-order valence-corrected chi connectivity index (χ3v) is 6.13. The highest BCUT2D eigenvalue weighted by Crippen LogP contribution is 2.43. The van der Waals surface area contributed by atoms with Crippen molar-refractivity contribution in [3.63, 3.8) is 0 Å². The number of nitrogens with one attached hydrogen (secondary N) is 1. The number of hydrogen-bond donors (Lipinski definition) is 1. The number of aryl methyl sites for hydroxylation is 1. The summed E-state index contributed by atoms with van der Waals surface area (Å²) in [6.45, 7) is 4.87. The van der Waals surface area contributed by atoms with Gasteiger partial charge in [-0.05, 0) is 49.9 Å². The predicted octanol–water partition coefficient (Wildman–Crippen LogP) is 3.99. The molecule has 2 aliphatic heterocycles. The van der Waals surface area contributed by atoms with Gasteiger partial charge in [0.25, 0.3) is 0 Å². The summed E-state index contributed by atoms with van der Waals surface area (Å²) < 4.78 is 1.85. The summed E-state index contributed by atoms with van der Waals surface area (Å²) in [5, 5.41) is 3.67. The number of anilines is 2. The van der Waals surface area contributed by atoms with Crippen LogP contribution in [0, 0.1) is 6.92 Å². The number of benzene rings is 1. The molecule has 1 fully saturated rings. The number of aromatic nitrogens is 4. The minimum atomic E-state index is -0.513. The van der Waals surface area contributed by atoms with Crippen molar-refractivity contribution in [3.05, 3.63) is 47.4 Å². The van der Waals surface area contributed by atoms with Gasteiger partial charge in [0.05, 0.1) is 6.20 Å². The van der Waals surface area contributed by atoms with Gasteiger partial charge in [0.1, 0.15) is 17.1 Å². The van der Waals surface area contributed by atoms with Gasteiger partial charge in [0, 0.05) is 29.5 Å². The Kier molecular flexibility index (Phi) is 4.10. The summed E-state index contributed by atoms with van der Waals surface area (Å²) in [4.78, 5) is 28.8. The zero-order chi connectivity index (χ0) is 20.2. The standard InChI is InChI=1S/C21H21ClN6O/c1-3-21-5-4-7-28(21)18-16(25-19(21)29)12-24-20(26-18)27-8-6-23-17(27)14-9-13(2)10-15(22)11-14/h6,8-12H,3-5,7H2,1-2H3,(H,25,29). The highest BCUT2D eigenvalue weighted by Gasteiger charge is 2.50. The second-order valence-electron chi connectivity index (χ2n) is 7.64. The van der Waals surface area contributed by atoms with Crippen molar-refractivity contribution in [2.75, 3.05) is 16.8 Å². The molecule has 0 radical (unpaired) electrons. The van der Waals surface area contributed by atoms with Crippen LogP contribution in [0.4, 0.5) is 11.5 Å². The fourth-order valence-corrected chi connectivity index (χ4v) is 4.80. The Morgan fingerprint density at radius 2 is 2.14 bits per heavy atom. The summed E-state index contributed by atoms with van der Waals surface area (Å²) in [5.74, 6) is 2.05. The zero-order valence-electron chi connectivity index (χ0n) is 16.3. The molecule has 1 unspecified atom stereocenters. The number of fused-ring (bicyclic) bond motifs is 3. The first-order valence-corrected chi connectivity index (χ1v) is 10.2. The van der Waals surface area contributed by atoms with Crippen molar-refractivity contribution in [1.29, 1.82) is 0 Å². The molecule has 7 nitrogen and oxygen atoms in total. The summed E-state index contributed by atoms with van der Waals surface area (Å²) in [6, 6.07) is 5.83. The number of carbonyl (C=O) groups is 1. The Bertz CT molecular complexity index is 1110. The van der Waals surface area contributed by atoms with Crippen LogP contribution in [0.1, 0.15) is 31.7 Å². The molecule has 148 valence electrons. The molecule has 8 heteroatoms. The summed E-state index contributed by atoms with van der Waals surface area (Å²) in [7, 11) is 0. The molecule has 0 saturated carbocycles. The maximum Gasteiger partial charge on any atom is 0.250 e. The molecule has 1 saturated heterocycles. The van der Waals surface area contributed by atoms with Gasteiger partial charge in [-0.1, -0.05) is 18.5 Å². The van der Waals surface area contributed by atoms with E-state index in [1.54, 1.807) is 12.4 Å². The molecule has 5 rings (SSSR count). The Balaban J connectivity index is 1.62. The number of amides is 1. The third-order valence-electron chi connectivity index (χ3n) is 5.91. The van der Waals surface area contributed by atoms with Crippen LogP contribution in [-0.4, -0.2) is 37.5 Å². The first kappa shape index (κ1) is 18.1. The van der Waals surface area contributed by atoms with E-state index in [2.05, 4.69) is 27.1 Å². The van der Waals surface area contributed by atoms with Crippen molar-refractivity contribution in [3.8, 4) is 17.3 Å². The number of carbonyl (C=O) groups excluding carboxylic acids is 1. The van der Waals surface area contributed by atoms with Gasteiger partial charge >= 0.3 is 0 Å². The predicted molar refractivity (Wildman–Crippen MR) is 113 cm³/mol. The van der Waals surface area contributed by atoms with Gasteiger partial charge in [-0.2, -0.15) is 4.98 Å². The van der Waals surface area contributed by atoms with Crippen molar-refractivity contribution in [2.45, 2.75) is 38.6 Å². The number of hydrogen-bond acceptors (Lipinski definition) is 5. The SMILES string of the molecule is CCC12CCCN1c1nc(-n3ccnc3-c3cc(C)cc(Cl)c3)ncc1NC2=O. The number of imidazole rings is 1. The second kappa shape index (κ2) is 6.56. The molecule has 4 heterocycles. The molecule has 1 atom stereocenters. The fraction of sp³-hybridized carbons (Fsp3) is 0.333. The molecule has 3 aromatic rings. The van der Waals surface area contributed by atoms with E-state index in [-0.39, 0.29) is 5.91 Å². The lowest BCUT2D eigenvalue weighted by atomic mass is 9.90. The maximum absolute atomic E-state index is 12.8. The topological polar surface area (TPSA) is 75.9 Å². The Hall–Kier alpha value is -2.93. The number of nitrogens with zero attached hydrogens (tertiary/aromatic N) is 5. The van der Waals surface area contributed by atoms with Crippen molar-refractivity contribution in [2.24, 2.45) is 0 Å². The van der Waals surface area contributed by atoms with Crippen LogP contribution < -0.4 is 10.2 Å². The van der Waals surface area contributed by atoms with E-state index in [0.717, 1.165) is 48.6 Å². The minimum absolute atomic E-state index is 0.0408. The largest absolute Gasteiger partial charge is 0.340 e. The van der Waals surface area contributed by atoms with Gasteiger partial charge in [-0.3, -0.25) is 9.36 Å². The van der Waals surface area contributed by atoms with E-state index in [1.165, 1.54) is 0 Å². The lowest BCUT2D eigenvalue weighted by Gasteiger charge is -2.41. The number of halogens is 1. The van der Waals surface area contributed by atoms with Crippen molar-refractivity contribution >= 4 is 29.0 Å². The minimum Gasteiger partial charge on any atom is -0.340 e. The third kappa shape index (κ3) is 2.72. The lowest BCUT2D eigenvalue weighted by molar-refractivity contribution is -0.121. The Morgan fingerprint density at radius 3 is 2.93 bits per heavy atom. The Labute approximate surface area is 173 Å². The fourth-order valence-electron chi connectivity index (χ4n) is 4.51. The monoisotopic (exact) mass is 408 g/mol. The second-order valence-corrected chi connectivity index (χ2v) is 8.08. The molecule has 1 amide bonds. The molecule has 0 aliphatic carbocycles. The first-order chi connectivity index (χ1) is 14.0. The van der Waals surface area contributed by atoms with Gasteiger partial charge in [0.15, 0.2) is 5.82 Å². The average Bonchev–Trinajstić information content (AvgIpc) is 3.35. The van der Waals surface area contributed by atoms with E-state index in [0.29, 0.717) is 16.7 Å². The molecular formula is C21H21ClN6O. The lowest BCUT2D eigenvalue weighted by Crippen LogP contribution is -2.56. The number of rotatable bonds is 3. The van der Waals surface area contributed by atoms with Crippen LogP contribution in [0.25, 0.3) is 17.3 Å². The molecule has 0 bridgehead atoms. The summed E-state index contributed by atoms with van der Waals surface area (Å²) in [5.41, 5.74) is 2.10. The quantitative estimate of drug-likeness (QED) is 0.709. The van der Waals surface area contributed by atoms with Crippen molar-refractivity contribution < 1.29 is 4.79 Å². The average molecular weight is 409 g/mol. The molecule has 2 aromatic heterocycles. The van der Waals surface area contributed by atoms with E-state index in [1.807, 2.05) is 35.9 Å². The first-order valence-electron chi connectivity index (χ1n) is 9.79. The van der Waals surface area contributed by atoms with Crippen molar-refractivity contribution in [1.82, 2.24) is 19.5 Å². The van der Waals surface area contributed by atoms with Gasteiger partial charge in [-0.15, -0.1) is 0 Å². The molecule has 1 N–H and O–H groups in total. The van der Waals surface area contributed by atoms with E-state index >= 15 is 0 Å². The molecule has 2 aliphatic rings. The van der Waals surface area contributed by atoms with Crippen LogP contribution in [0.3, 0.4) is 0 Å². The van der Waals surface area contributed by atoms with Crippen LogP contribution >= 0.6 is 11.6 Å². The smallest absolute Gasteiger partial charge is 0.250 e. The molecular weight excluding hydrogens is 388 g/mol. The van der Waals surface area contributed by atoms with Gasteiger partial charge in [-0.25, -0.2) is 9.97 Å². The van der Waals surface area contributed by atoms with Gasteiger partial charge in [0.2, 0.25) is 11.9 Å².